The van der Waals surface area contributed by atoms with Gasteiger partial charge in [0.25, 0.3) is 0 Å². The summed E-state index contributed by atoms with van der Waals surface area (Å²) >= 11 is 0. The molecule has 0 aromatic rings. The first-order valence-electron chi connectivity index (χ1n) is 4.41. The van der Waals surface area contributed by atoms with E-state index in [0.29, 0.717) is 0 Å². The van der Waals surface area contributed by atoms with Crippen LogP contribution in [-0.4, -0.2) is 71.4 Å². The summed E-state index contributed by atoms with van der Waals surface area (Å²) in [5.74, 6) is -1.86. The molecule has 96 valence electrons. The number of rotatable bonds is 2. The molecule has 2 aliphatic rings. The molecule has 8 nitrogen and oxygen atoms in total. The first-order chi connectivity index (χ1) is 7.03. The summed E-state index contributed by atoms with van der Waals surface area (Å²) in [5, 5.41) is 0. The molecule has 0 aromatic carbocycles. The molecule has 0 bridgehead atoms. The maximum Gasteiger partial charge on any atom is 2.00 e. The Balaban J connectivity index is 0.000000284. The minimum Gasteiger partial charge on any atom is -0.777 e. The van der Waals surface area contributed by atoms with E-state index in [1.165, 1.54) is 0 Å². The summed E-state index contributed by atoms with van der Waals surface area (Å²) in [6, 6.07) is 0. The third kappa shape index (κ3) is 6.45. The maximum atomic E-state index is 10.1. The Morgan fingerprint density at radius 1 is 0.941 bits per heavy atom. The van der Waals surface area contributed by atoms with Crippen LogP contribution >= 0.6 is 15.2 Å². The van der Waals surface area contributed by atoms with Crippen LogP contribution in [0, 0.1) is 0 Å². The molecule has 11 heteroatoms. The zero-order valence-corrected chi connectivity index (χ0v) is 13.3. The molecule has 4 unspecified atom stereocenters. The number of ether oxygens (including phenoxy) is 2. The van der Waals surface area contributed by atoms with Gasteiger partial charge >= 0.3 is 37.7 Å². The van der Waals surface area contributed by atoms with Gasteiger partial charge in [-0.3, -0.25) is 0 Å². The van der Waals surface area contributed by atoms with Crippen molar-refractivity contribution in [2.75, 3.05) is 0 Å². The van der Waals surface area contributed by atoms with Gasteiger partial charge in [-0.05, 0) is 13.8 Å². The predicted octanol–water partition coefficient (Wildman–Crippen LogP) is -1.83. The Morgan fingerprint density at radius 2 is 1.12 bits per heavy atom. The molecule has 2 N–H and O–H groups in total. The molecule has 0 aromatic heterocycles. The Morgan fingerprint density at radius 3 is 1.12 bits per heavy atom. The minimum atomic E-state index is -4.15. The van der Waals surface area contributed by atoms with E-state index in [9.17, 15) is 18.9 Å². The van der Waals surface area contributed by atoms with Gasteiger partial charge in [-0.1, -0.05) is 0 Å². The molecular formula is C6H12CaO8P2. The zero-order chi connectivity index (χ0) is 12.7. The van der Waals surface area contributed by atoms with E-state index in [1.807, 2.05) is 0 Å². The van der Waals surface area contributed by atoms with Gasteiger partial charge in [-0.25, -0.2) is 0 Å². The number of epoxide rings is 2. The van der Waals surface area contributed by atoms with Gasteiger partial charge in [0.1, 0.15) is 11.7 Å². The topological polar surface area (TPSA) is 146 Å². The molecule has 2 saturated heterocycles. The first kappa shape index (κ1) is 18.5. The second kappa shape index (κ2) is 6.29. The number of hydrogen-bond acceptors (Lipinski definition) is 6. The molecule has 2 rings (SSSR count). The average Bonchev–Trinajstić information content (AvgIpc) is 2.86. The van der Waals surface area contributed by atoms with Crippen LogP contribution in [0.5, 0.6) is 0 Å². The Hall–Kier alpha value is 1.48. The Bertz CT molecular complexity index is 316. The summed E-state index contributed by atoms with van der Waals surface area (Å²) in [6.07, 6.45) is -0.633. The molecule has 6 atom stereocenters. The van der Waals surface area contributed by atoms with Crippen molar-refractivity contribution in [1.82, 2.24) is 0 Å². The van der Waals surface area contributed by atoms with Crippen LogP contribution in [0.15, 0.2) is 0 Å². The van der Waals surface area contributed by atoms with Crippen molar-refractivity contribution in [3.63, 3.8) is 0 Å². The largest absolute Gasteiger partial charge is 2.00 e. The van der Waals surface area contributed by atoms with Crippen LogP contribution < -0.4 is 9.79 Å². The van der Waals surface area contributed by atoms with Gasteiger partial charge in [-0.15, -0.1) is 0 Å². The van der Waals surface area contributed by atoms with Gasteiger partial charge in [0.05, 0.1) is 12.2 Å². The van der Waals surface area contributed by atoms with Crippen molar-refractivity contribution in [3.8, 4) is 0 Å². The van der Waals surface area contributed by atoms with Gasteiger partial charge in [0.15, 0.2) is 15.2 Å². The van der Waals surface area contributed by atoms with Crippen molar-refractivity contribution in [3.05, 3.63) is 0 Å². The molecule has 0 aliphatic carbocycles. The molecule has 2 heterocycles. The average molecular weight is 314 g/mol. The minimum absolute atomic E-state index is 0. The van der Waals surface area contributed by atoms with E-state index >= 15 is 0 Å². The zero-order valence-electron chi connectivity index (χ0n) is 9.25. The van der Waals surface area contributed by atoms with Gasteiger partial charge < -0.3 is 38.2 Å². The Kier molecular flexibility index (Phi) is 6.83. The van der Waals surface area contributed by atoms with Gasteiger partial charge in [0, 0.05) is 0 Å². The third-order valence-electron chi connectivity index (χ3n) is 2.00. The normalized spacial score (nSPS) is 40.8. The summed E-state index contributed by atoms with van der Waals surface area (Å²) in [7, 11) is -8.31. The van der Waals surface area contributed by atoms with Crippen molar-refractivity contribution >= 4 is 52.9 Å². The molecule has 0 saturated carbocycles. The molecule has 17 heavy (non-hydrogen) atoms. The molecule has 2 aliphatic heterocycles. The van der Waals surface area contributed by atoms with E-state index in [2.05, 4.69) is 9.47 Å². The summed E-state index contributed by atoms with van der Waals surface area (Å²) in [4.78, 5) is 36.5. The molecule has 0 amide bonds. The first-order valence-corrected chi connectivity index (χ1v) is 7.70. The standard InChI is InChI=1S/2C3H7O4P.Ca/c2*1-2-3(7-2)8(4,5)6;/h2*2-3H,1H3,(H2,4,5,6);/q;;+2/p-2/t2-,3+;;/m0../s1. The summed E-state index contributed by atoms with van der Waals surface area (Å²) in [6.45, 7) is 3.18. The van der Waals surface area contributed by atoms with Gasteiger partial charge in [-0.2, -0.15) is 0 Å². The Labute approximate surface area is 128 Å². The fourth-order valence-electron chi connectivity index (χ4n) is 1.03. The third-order valence-corrected chi connectivity index (χ3v) is 4.37. The fraction of sp³-hybridized carbons (Fsp3) is 1.00. The van der Waals surface area contributed by atoms with Crippen LogP contribution in [0.3, 0.4) is 0 Å². The van der Waals surface area contributed by atoms with Crippen LogP contribution in [0.25, 0.3) is 0 Å². The molecule has 0 radical (unpaired) electrons. The smallest absolute Gasteiger partial charge is 0.777 e. The SMILES string of the molecule is CC1OC1P(=O)([O-])O.C[C@@H]1O[C@@H]1P(=O)([O-])O.[Ca+2]. The van der Waals surface area contributed by atoms with Crippen molar-refractivity contribution in [2.45, 2.75) is 37.7 Å². The summed E-state index contributed by atoms with van der Waals surface area (Å²) in [5.41, 5.74) is 0. The summed E-state index contributed by atoms with van der Waals surface area (Å²) < 4.78 is 29.0. The van der Waals surface area contributed by atoms with E-state index < -0.39 is 26.9 Å². The second-order valence-corrected chi connectivity index (χ2v) is 6.87. The van der Waals surface area contributed by atoms with E-state index in [0.717, 1.165) is 0 Å². The van der Waals surface area contributed by atoms with Crippen molar-refractivity contribution in [1.29, 1.82) is 0 Å². The fourth-order valence-corrected chi connectivity index (χ4v) is 2.79. The van der Waals surface area contributed by atoms with Gasteiger partial charge in [0.2, 0.25) is 0 Å². The molecule has 2 fully saturated rings. The van der Waals surface area contributed by atoms with Crippen molar-refractivity contribution < 1.29 is 38.2 Å². The van der Waals surface area contributed by atoms with E-state index in [1.54, 1.807) is 13.8 Å². The quantitative estimate of drug-likeness (QED) is 0.344. The van der Waals surface area contributed by atoms with Crippen LogP contribution in [0.2, 0.25) is 0 Å². The van der Waals surface area contributed by atoms with Crippen LogP contribution in [0.4, 0.5) is 0 Å². The van der Waals surface area contributed by atoms with E-state index in [4.69, 9.17) is 9.79 Å². The van der Waals surface area contributed by atoms with Crippen LogP contribution in [-0.2, 0) is 18.6 Å². The second-order valence-electron chi connectivity index (χ2n) is 3.59. The maximum absolute atomic E-state index is 10.1. The van der Waals surface area contributed by atoms with Crippen LogP contribution in [0.1, 0.15) is 13.8 Å². The number of hydrogen-bond donors (Lipinski definition) is 2. The van der Waals surface area contributed by atoms with Crippen molar-refractivity contribution in [2.24, 2.45) is 0 Å². The van der Waals surface area contributed by atoms with E-state index in [-0.39, 0.29) is 49.9 Å². The monoisotopic (exact) mass is 314 g/mol. The molecular weight excluding hydrogens is 302 g/mol. The molecule has 0 spiro atoms. The predicted molar refractivity (Wildman–Crippen MR) is 54.1 cm³/mol.